The van der Waals surface area contributed by atoms with Crippen LogP contribution in [0.4, 0.5) is 0 Å². The second-order valence-electron chi connectivity index (χ2n) is 3.43. The van der Waals surface area contributed by atoms with Gasteiger partial charge in [0.25, 0.3) is 0 Å². The number of carbonyl (C=O) groups is 3. The standard InChI is InChI=1S/C7H9GeNO6/c1-8-13-5(10)2-9(3-6(11)14-8)4-7(12)15-8/h2-4H2,1H3. The molecule has 0 N–H and O–H groups in total. The molecule has 0 radical (unpaired) electrons. The van der Waals surface area contributed by atoms with Gasteiger partial charge in [0, 0.05) is 0 Å². The Hall–Kier alpha value is -1.09. The molecule has 7 nitrogen and oxygen atoms in total. The third-order valence-electron chi connectivity index (χ3n) is 1.96. The molecule has 3 aliphatic heterocycles. The van der Waals surface area contributed by atoms with E-state index < -0.39 is 32.2 Å². The van der Waals surface area contributed by atoms with E-state index in [1.54, 1.807) is 0 Å². The Balaban J connectivity index is 2.32. The molecule has 15 heavy (non-hydrogen) atoms. The summed E-state index contributed by atoms with van der Waals surface area (Å²) in [7, 11) is 0. The Bertz CT molecular complexity index is 292. The molecule has 0 aliphatic carbocycles. The van der Waals surface area contributed by atoms with E-state index in [0.29, 0.717) is 0 Å². The maximum atomic E-state index is 11.3. The zero-order valence-corrected chi connectivity index (χ0v) is 10.1. The molecule has 3 fully saturated rings. The molecule has 3 aliphatic rings. The monoisotopic (exact) mass is 277 g/mol. The molecule has 0 aromatic carbocycles. The van der Waals surface area contributed by atoms with Gasteiger partial charge in [0.1, 0.15) is 0 Å². The SMILES string of the molecule is [CH3][Ge]12[O]C(=O)CN(CC(=O)[O]1)CC(=O)[O]2. The number of carbonyl (C=O) groups excluding carboxylic acids is 3. The summed E-state index contributed by atoms with van der Waals surface area (Å²) in [6.07, 6.45) is 0. The minimum atomic E-state index is -3.98. The van der Waals surface area contributed by atoms with Crippen LogP contribution in [0.5, 0.6) is 0 Å². The van der Waals surface area contributed by atoms with Crippen molar-refractivity contribution in [2.75, 3.05) is 19.6 Å². The summed E-state index contributed by atoms with van der Waals surface area (Å²) in [5.74, 6) is -0.151. The molecule has 3 rings (SSSR count). The van der Waals surface area contributed by atoms with Crippen LogP contribution >= 0.6 is 0 Å². The first-order chi connectivity index (χ1) is 6.97. The molecule has 0 aromatic heterocycles. The van der Waals surface area contributed by atoms with Crippen molar-refractivity contribution in [2.45, 2.75) is 5.76 Å². The van der Waals surface area contributed by atoms with Gasteiger partial charge in [-0.25, -0.2) is 0 Å². The average molecular weight is 276 g/mol. The second kappa shape index (κ2) is 3.49. The van der Waals surface area contributed by atoms with Crippen molar-refractivity contribution >= 4 is 32.2 Å². The predicted octanol–water partition coefficient (Wildman–Crippen LogP) is -1.49. The second-order valence-corrected chi connectivity index (χ2v) is 8.33. The molecule has 0 amide bonds. The first kappa shape index (κ1) is 10.4. The Morgan fingerprint density at radius 3 is 1.60 bits per heavy atom. The topological polar surface area (TPSA) is 82.1 Å². The summed E-state index contributed by atoms with van der Waals surface area (Å²) < 4.78 is 14.7. The van der Waals surface area contributed by atoms with Crippen LogP contribution in [-0.4, -0.2) is 56.7 Å². The van der Waals surface area contributed by atoms with Crippen molar-refractivity contribution < 1.29 is 25.7 Å². The van der Waals surface area contributed by atoms with Gasteiger partial charge < -0.3 is 0 Å². The van der Waals surface area contributed by atoms with Crippen molar-refractivity contribution in [3.8, 4) is 0 Å². The van der Waals surface area contributed by atoms with Gasteiger partial charge in [0.2, 0.25) is 0 Å². The maximum absolute atomic E-state index is 11.3. The van der Waals surface area contributed by atoms with Gasteiger partial charge in [0.15, 0.2) is 0 Å². The van der Waals surface area contributed by atoms with Crippen molar-refractivity contribution in [1.82, 2.24) is 4.90 Å². The van der Waals surface area contributed by atoms with Gasteiger partial charge in [-0.2, -0.15) is 0 Å². The predicted molar refractivity (Wildman–Crippen MR) is 46.3 cm³/mol. The normalized spacial score (nSPS) is 35.8. The Morgan fingerprint density at radius 2 is 1.27 bits per heavy atom. The number of hydrogen-bond donors (Lipinski definition) is 0. The van der Waals surface area contributed by atoms with Crippen LogP contribution in [0.1, 0.15) is 0 Å². The molecule has 0 unspecified atom stereocenters. The first-order valence-corrected chi connectivity index (χ1v) is 9.01. The van der Waals surface area contributed by atoms with Crippen molar-refractivity contribution in [2.24, 2.45) is 0 Å². The van der Waals surface area contributed by atoms with Crippen LogP contribution < -0.4 is 0 Å². The van der Waals surface area contributed by atoms with Crippen molar-refractivity contribution in [1.29, 1.82) is 0 Å². The summed E-state index contributed by atoms with van der Waals surface area (Å²) >= 11 is -3.98. The molecular formula is C7H9GeNO6. The molecule has 3 saturated heterocycles. The zero-order valence-electron chi connectivity index (χ0n) is 8.02. The molecule has 0 spiro atoms. The fourth-order valence-electron chi connectivity index (χ4n) is 1.50. The number of fused-ring (bicyclic) bond motifs is 6. The molecule has 0 aromatic rings. The molecule has 82 valence electrons. The average Bonchev–Trinajstić information content (AvgIpc) is 1.95. The van der Waals surface area contributed by atoms with Crippen molar-refractivity contribution in [3.63, 3.8) is 0 Å². The molecule has 3 heterocycles. The van der Waals surface area contributed by atoms with E-state index in [0.717, 1.165) is 0 Å². The summed E-state index contributed by atoms with van der Waals surface area (Å²) in [6.45, 7) is -0.235. The fraction of sp³-hybridized carbons (Fsp3) is 0.571. The van der Waals surface area contributed by atoms with Crippen molar-refractivity contribution in [3.05, 3.63) is 0 Å². The van der Waals surface area contributed by atoms with Gasteiger partial charge >= 0.3 is 88.1 Å². The fourth-order valence-corrected chi connectivity index (χ4v) is 4.77. The number of rotatable bonds is 0. The zero-order chi connectivity index (χ0) is 11.1. The number of hydrogen-bond acceptors (Lipinski definition) is 7. The minimum absolute atomic E-state index is 0.0783. The third-order valence-corrected chi connectivity index (χ3v) is 5.72. The van der Waals surface area contributed by atoms with Gasteiger partial charge in [-0.05, 0) is 0 Å². The van der Waals surface area contributed by atoms with Crippen LogP contribution in [0.15, 0.2) is 0 Å². The van der Waals surface area contributed by atoms with Crippen LogP contribution in [-0.2, 0) is 25.7 Å². The van der Waals surface area contributed by atoms with Gasteiger partial charge in [0.05, 0.1) is 0 Å². The molecule has 8 heteroatoms. The van der Waals surface area contributed by atoms with Gasteiger partial charge in [-0.15, -0.1) is 0 Å². The summed E-state index contributed by atoms with van der Waals surface area (Å²) in [6, 6.07) is 0. The summed E-state index contributed by atoms with van der Waals surface area (Å²) in [5.41, 5.74) is 0. The Kier molecular flexibility index (Phi) is 2.43. The van der Waals surface area contributed by atoms with E-state index in [1.165, 1.54) is 10.7 Å². The van der Waals surface area contributed by atoms with Gasteiger partial charge in [-0.3, -0.25) is 0 Å². The summed E-state index contributed by atoms with van der Waals surface area (Å²) in [4.78, 5) is 35.1. The van der Waals surface area contributed by atoms with E-state index in [4.69, 9.17) is 11.3 Å². The van der Waals surface area contributed by atoms with E-state index in [2.05, 4.69) is 0 Å². The molecule has 2 bridgehead atoms. The quantitative estimate of drug-likeness (QED) is 0.498. The van der Waals surface area contributed by atoms with E-state index in [9.17, 15) is 14.4 Å². The van der Waals surface area contributed by atoms with Crippen LogP contribution in [0.25, 0.3) is 0 Å². The van der Waals surface area contributed by atoms with Crippen LogP contribution in [0.3, 0.4) is 0 Å². The van der Waals surface area contributed by atoms with Gasteiger partial charge in [-0.1, -0.05) is 0 Å². The third kappa shape index (κ3) is 2.29. The van der Waals surface area contributed by atoms with Crippen LogP contribution in [0, 0.1) is 0 Å². The van der Waals surface area contributed by atoms with Crippen LogP contribution in [0.2, 0.25) is 5.76 Å². The summed E-state index contributed by atoms with van der Waals surface area (Å²) in [5, 5.41) is 0. The molecular weight excluding hydrogens is 267 g/mol. The molecule has 0 saturated carbocycles. The van der Waals surface area contributed by atoms with E-state index in [1.807, 2.05) is 0 Å². The Morgan fingerprint density at radius 1 is 0.933 bits per heavy atom. The van der Waals surface area contributed by atoms with E-state index >= 15 is 0 Å². The number of nitrogens with zero attached hydrogens (tertiary/aromatic N) is 1. The molecule has 0 atom stereocenters. The van der Waals surface area contributed by atoms with E-state index in [-0.39, 0.29) is 19.6 Å². The Labute approximate surface area is 88.6 Å². The first-order valence-electron chi connectivity index (χ1n) is 4.35.